The smallest absolute Gasteiger partial charge is 0.254 e. The number of halogens is 2. The number of benzene rings is 1. The Morgan fingerprint density at radius 2 is 2.00 bits per heavy atom. The second-order valence-electron chi connectivity index (χ2n) is 4.10. The monoisotopic (exact) mass is 322 g/mol. The number of hydrogen-bond donors (Lipinski definition) is 1. The van der Waals surface area contributed by atoms with Crippen molar-refractivity contribution in [1.82, 2.24) is 10.3 Å². The highest BCUT2D eigenvalue weighted by atomic mass is 79.9. The van der Waals surface area contributed by atoms with E-state index in [1.165, 1.54) is 12.3 Å². The molecule has 0 fully saturated rings. The maximum atomic E-state index is 13.4. The van der Waals surface area contributed by atoms with Crippen LogP contribution in [0.4, 0.5) is 4.39 Å². The van der Waals surface area contributed by atoms with Gasteiger partial charge in [0.25, 0.3) is 5.91 Å². The van der Waals surface area contributed by atoms with Gasteiger partial charge < -0.3 is 5.32 Å². The number of rotatable bonds is 3. The summed E-state index contributed by atoms with van der Waals surface area (Å²) in [6, 6.07) is 8.75. The van der Waals surface area contributed by atoms with E-state index in [2.05, 4.69) is 26.2 Å². The molecular weight excluding hydrogens is 311 g/mol. The Bertz CT molecular complexity index is 586. The van der Waals surface area contributed by atoms with Gasteiger partial charge in [-0.15, -0.1) is 0 Å². The molecule has 0 aliphatic carbocycles. The molecule has 1 aromatic heterocycles. The van der Waals surface area contributed by atoms with Crippen LogP contribution >= 0.6 is 15.9 Å². The molecule has 0 aliphatic rings. The van der Waals surface area contributed by atoms with Crippen LogP contribution < -0.4 is 5.32 Å². The third-order valence-corrected chi connectivity index (χ3v) is 3.26. The largest absolute Gasteiger partial charge is 0.345 e. The Morgan fingerprint density at radius 3 is 2.63 bits per heavy atom. The third kappa shape index (κ3) is 3.38. The highest BCUT2D eigenvalue weighted by Crippen LogP contribution is 2.17. The Labute approximate surface area is 119 Å². The van der Waals surface area contributed by atoms with E-state index in [0.717, 1.165) is 16.2 Å². The standard InChI is InChI=1S/C14H12BrFN2O/c1-9(10-2-4-11(15)5-3-10)18-14(19)12-6-7-17-8-13(12)16/h2-9H,1H3,(H,18,19)/t9-/m0/s1. The van der Waals surface area contributed by atoms with Gasteiger partial charge in [-0.3, -0.25) is 9.78 Å². The minimum atomic E-state index is -0.622. The molecule has 2 aromatic rings. The van der Waals surface area contributed by atoms with E-state index < -0.39 is 11.7 Å². The molecule has 0 unspecified atom stereocenters. The lowest BCUT2D eigenvalue weighted by atomic mass is 10.1. The van der Waals surface area contributed by atoms with Crippen LogP contribution in [0.5, 0.6) is 0 Å². The number of pyridine rings is 1. The minimum Gasteiger partial charge on any atom is -0.345 e. The van der Waals surface area contributed by atoms with Gasteiger partial charge >= 0.3 is 0 Å². The van der Waals surface area contributed by atoms with Gasteiger partial charge in [-0.05, 0) is 30.7 Å². The van der Waals surface area contributed by atoms with Gasteiger partial charge in [-0.25, -0.2) is 4.39 Å². The summed E-state index contributed by atoms with van der Waals surface area (Å²) in [5.74, 6) is -1.07. The van der Waals surface area contributed by atoms with E-state index in [1.54, 1.807) is 0 Å². The molecular formula is C14H12BrFN2O. The summed E-state index contributed by atoms with van der Waals surface area (Å²) in [6.07, 6.45) is 2.42. The van der Waals surface area contributed by atoms with Crippen LogP contribution in [-0.4, -0.2) is 10.9 Å². The number of aromatic nitrogens is 1. The average Bonchev–Trinajstić information content (AvgIpc) is 2.39. The summed E-state index contributed by atoms with van der Waals surface area (Å²) in [6.45, 7) is 1.85. The molecule has 2 rings (SSSR count). The van der Waals surface area contributed by atoms with Crippen LogP contribution in [0, 0.1) is 5.82 Å². The fraction of sp³-hybridized carbons (Fsp3) is 0.143. The number of nitrogens with one attached hydrogen (secondary N) is 1. The van der Waals surface area contributed by atoms with Crippen LogP contribution in [-0.2, 0) is 0 Å². The molecule has 3 nitrogen and oxygen atoms in total. The second kappa shape index (κ2) is 5.93. The SMILES string of the molecule is C[C@H](NC(=O)c1ccncc1F)c1ccc(Br)cc1. The van der Waals surface area contributed by atoms with Crippen LogP contribution in [0.1, 0.15) is 28.9 Å². The first-order valence-corrected chi connectivity index (χ1v) is 6.53. The van der Waals surface area contributed by atoms with E-state index >= 15 is 0 Å². The summed E-state index contributed by atoms with van der Waals surface area (Å²) >= 11 is 3.35. The molecule has 0 spiro atoms. The van der Waals surface area contributed by atoms with Crippen molar-refractivity contribution in [3.63, 3.8) is 0 Å². The van der Waals surface area contributed by atoms with Crippen molar-refractivity contribution in [2.45, 2.75) is 13.0 Å². The van der Waals surface area contributed by atoms with Crippen molar-refractivity contribution < 1.29 is 9.18 Å². The van der Waals surface area contributed by atoms with E-state index in [0.29, 0.717) is 0 Å². The van der Waals surface area contributed by atoms with Gasteiger partial charge in [0.15, 0.2) is 5.82 Å². The maximum Gasteiger partial charge on any atom is 0.254 e. The minimum absolute atomic E-state index is 0.000961. The van der Waals surface area contributed by atoms with Crippen molar-refractivity contribution in [2.24, 2.45) is 0 Å². The summed E-state index contributed by atoms with van der Waals surface area (Å²) in [5.41, 5.74) is 0.949. The topological polar surface area (TPSA) is 42.0 Å². The van der Waals surface area contributed by atoms with E-state index in [4.69, 9.17) is 0 Å². The molecule has 98 valence electrons. The van der Waals surface area contributed by atoms with Gasteiger partial charge in [0.05, 0.1) is 17.8 Å². The average molecular weight is 323 g/mol. The van der Waals surface area contributed by atoms with Gasteiger partial charge in [-0.1, -0.05) is 28.1 Å². The molecule has 1 atom stereocenters. The maximum absolute atomic E-state index is 13.4. The van der Waals surface area contributed by atoms with Crippen molar-refractivity contribution in [2.75, 3.05) is 0 Å². The molecule has 1 amide bonds. The molecule has 0 aliphatic heterocycles. The molecule has 5 heteroatoms. The van der Waals surface area contributed by atoms with Crippen molar-refractivity contribution in [3.8, 4) is 0 Å². The van der Waals surface area contributed by atoms with Crippen LogP contribution in [0.3, 0.4) is 0 Å². The van der Waals surface area contributed by atoms with Gasteiger partial charge in [-0.2, -0.15) is 0 Å². The molecule has 0 saturated heterocycles. The summed E-state index contributed by atoms with van der Waals surface area (Å²) < 4.78 is 14.4. The Kier molecular flexibility index (Phi) is 4.27. The second-order valence-corrected chi connectivity index (χ2v) is 5.02. The molecule has 1 N–H and O–H groups in total. The first kappa shape index (κ1) is 13.7. The molecule has 0 radical (unpaired) electrons. The fourth-order valence-electron chi connectivity index (χ4n) is 1.67. The summed E-state index contributed by atoms with van der Waals surface area (Å²) in [5, 5.41) is 2.75. The lowest BCUT2D eigenvalue weighted by Crippen LogP contribution is -2.27. The predicted octanol–water partition coefficient (Wildman–Crippen LogP) is 3.47. The lowest BCUT2D eigenvalue weighted by Gasteiger charge is -2.14. The van der Waals surface area contributed by atoms with Crippen LogP contribution in [0.25, 0.3) is 0 Å². The zero-order valence-electron chi connectivity index (χ0n) is 10.2. The Morgan fingerprint density at radius 1 is 1.32 bits per heavy atom. The normalized spacial score (nSPS) is 11.9. The zero-order valence-corrected chi connectivity index (χ0v) is 11.8. The van der Waals surface area contributed by atoms with Gasteiger partial charge in [0.2, 0.25) is 0 Å². The summed E-state index contributed by atoms with van der Waals surface area (Å²) in [7, 11) is 0. The molecule has 1 aromatic carbocycles. The van der Waals surface area contributed by atoms with E-state index in [1.807, 2.05) is 31.2 Å². The number of carbonyl (C=O) groups excluding carboxylic acids is 1. The number of hydrogen-bond acceptors (Lipinski definition) is 2. The van der Waals surface area contributed by atoms with E-state index in [9.17, 15) is 9.18 Å². The molecule has 19 heavy (non-hydrogen) atoms. The Hall–Kier alpha value is -1.75. The molecule has 0 bridgehead atoms. The van der Waals surface area contributed by atoms with Crippen LogP contribution in [0.2, 0.25) is 0 Å². The van der Waals surface area contributed by atoms with Gasteiger partial charge in [0, 0.05) is 10.7 Å². The lowest BCUT2D eigenvalue weighted by molar-refractivity contribution is 0.0935. The highest BCUT2D eigenvalue weighted by molar-refractivity contribution is 9.10. The van der Waals surface area contributed by atoms with E-state index in [-0.39, 0.29) is 11.6 Å². The third-order valence-electron chi connectivity index (χ3n) is 2.73. The first-order valence-electron chi connectivity index (χ1n) is 5.74. The fourth-order valence-corrected chi connectivity index (χ4v) is 1.93. The number of nitrogens with zero attached hydrogens (tertiary/aromatic N) is 1. The van der Waals surface area contributed by atoms with Crippen molar-refractivity contribution in [1.29, 1.82) is 0 Å². The predicted molar refractivity (Wildman–Crippen MR) is 74.2 cm³/mol. The molecule has 0 saturated carbocycles. The number of carbonyl (C=O) groups is 1. The highest BCUT2D eigenvalue weighted by Gasteiger charge is 2.14. The van der Waals surface area contributed by atoms with Crippen molar-refractivity contribution >= 4 is 21.8 Å². The quantitative estimate of drug-likeness (QED) is 0.940. The number of amides is 1. The first-order chi connectivity index (χ1) is 9.08. The van der Waals surface area contributed by atoms with Gasteiger partial charge in [0.1, 0.15) is 0 Å². The Balaban J connectivity index is 2.11. The summed E-state index contributed by atoms with van der Waals surface area (Å²) in [4.78, 5) is 15.5. The zero-order chi connectivity index (χ0) is 13.8. The molecule has 1 heterocycles. The van der Waals surface area contributed by atoms with Crippen LogP contribution in [0.15, 0.2) is 47.2 Å². The van der Waals surface area contributed by atoms with Crippen molar-refractivity contribution in [3.05, 3.63) is 64.1 Å².